The molecular weight excluding hydrogens is 360 g/mol. The van der Waals surface area contributed by atoms with Gasteiger partial charge in [0.1, 0.15) is 17.2 Å². The quantitative estimate of drug-likeness (QED) is 0.692. The number of hydrogen-bond donors (Lipinski definition) is 0. The predicted molar refractivity (Wildman–Crippen MR) is 91.8 cm³/mol. The van der Waals surface area contributed by atoms with Gasteiger partial charge < -0.3 is 9.32 Å². The largest absolute Gasteiger partial charge is 0.420 e. The molecule has 26 heavy (non-hydrogen) atoms. The highest BCUT2D eigenvalue weighted by molar-refractivity contribution is 7.08. The van der Waals surface area contributed by atoms with Crippen molar-refractivity contribution in [2.75, 3.05) is 13.1 Å². The van der Waals surface area contributed by atoms with Gasteiger partial charge in [-0.1, -0.05) is 6.07 Å². The molecule has 1 saturated heterocycles. The van der Waals surface area contributed by atoms with Crippen molar-refractivity contribution in [3.63, 3.8) is 0 Å². The first kappa shape index (κ1) is 16.8. The minimum absolute atomic E-state index is 0.151. The molecule has 0 saturated carbocycles. The zero-order chi connectivity index (χ0) is 18.1. The van der Waals surface area contributed by atoms with Crippen molar-refractivity contribution >= 4 is 17.2 Å². The van der Waals surface area contributed by atoms with Crippen LogP contribution in [-0.4, -0.2) is 34.1 Å². The van der Waals surface area contributed by atoms with E-state index in [4.69, 9.17) is 4.42 Å². The van der Waals surface area contributed by atoms with Crippen LogP contribution in [0.2, 0.25) is 0 Å². The standard InChI is InChI=1S/C18H15F2N3O2S/c19-13-4-1-5-14(20)15(13)18(24)23-7-2-3-11(9-23)16-21-22-17(25-16)12-6-8-26-10-12/h1,4-6,8,10-11H,2-3,7,9H2/t11-/m1/s1. The van der Waals surface area contributed by atoms with Crippen molar-refractivity contribution in [2.24, 2.45) is 0 Å². The average molecular weight is 375 g/mol. The van der Waals surface area contributed by atoms with E-state index in [1.807, 2.05) is 16.8 Å². The number of halogens is 2. The summed E-state index contributed by atoms with van der Waals surface area (Å²) in [6.07, 6.45) is 1.47. The van der Waals surface area contributed by atoms with E-state index in [-0.39, 0.29) is 12.5 Å². The Hall–Kier alpha value is -2.61. The topological polar surface area (TPSA) is 59.2 Å². The highest BCUT2D eigenvalue weighted by Crippen LogP contribution is 2.30. The molecule has 1 amide bonds. The number of carbonyl (C=O) groups excluding carboxylic acids is 1. The molecule has 0 aliphatic carbocycles. The van der Waals surface area contributed by atoms with E-state index >= 15 is 0 Å². The Bertz CT molecular complexity index is 906. The SMILES string of the molecule is O=C(c1c(F)cccc1F)N1CCC[C@@H](c2nnc(-c3ccsc3)o2)C1. The molecule has 0 N–H and O–H groups in total. The van der Waals surface area contributed by atoms with Gasteiger partial charge in [-0.25, -0.2) is 8.78 Å². The number of thiophene rings is 1. The molecule has 1 aliphatic heterocycles. The van der Waals surface area contributed by atoms with Crippen LogP contribution in [0, 0.1) is 11.6 Å². The van der Waals surface area contributed by atoms with Gasteiger partial charge in [0.05, 0.1) is 5.92 Å². The predicted octanol–water partition coefficient (Wildman–Crippen LogP) is 4.10. The Labute approximate surface area is 152 Å². The van der Waals surface area contributed by atoms with E-state index in [9.17, 15) is 13.6 Å². The molecule has 1 fully saturated rings. The van der Waals surface area contributed by atoms with Gasteiger partial charge in [0.2, 0.25) is 11.8 Å². The number of hydrogen-bond acceptors (Lipinski definition) is 5. The molecule has 4 rings (SSSR count). The van der Waals surface area contributed by atoms with E-state index in [0.29, 0.717) is 24.7 Å². The number of aromatic nitrogens is 2. The van der Waals surface area contributed by atoms with Crippen LogP contribution < -0.4 is 0 Å². The second-order valence-corrected chi connectivity index (χ2v) is 6.92. The highest BCUT2D eigenvalue weighted by atomic mass is 32.1. The summed E-state index contributed by atoms with van der Waals surface area (Å²) >= 11 is 1.53. The van der Waals surface area contributed by atoms with Gasteiger partial charge in [-0.05, 0) is 36.4 Å². The lowest BCUT2D eigenvalue weighted by molar-refractivity contribution is 0.0688. The first-order valence-corrected chi connectivity index (χ1v) is 9.17. The third-order valence-electron chi connectivity index (χ3n) is 4.44. The first-order valence-electron chi connectivity index (χ1n) is 8.22. The van der Waals surface area contributed by atoms with Crippen molar-refractivity contribution in [1.29, 1.82) is 0 Å². The summed E-state index contributed by atoms with van der Waals surface area (Å²) in [6, 6.07) is 5.30. The van der Waals surface area contributed by atoms with Crippen LogP contribution in [0.15, 0.2) is 39.4 Å². The zero-order valence-electron chi connectivity index (χ0n) is 13.7. The van der Waals surface area contributed by atoms with E-state index in [1.165, 1.54) is 22.3 Å². The number of carbonyl (C=O) groups is 1. The molecule has 1 aromatic carbocycles. The Morgan fingerprint density at radius 2 is 2.04 bits per heavy atom. The van der Waals surface area contributed by atoms with Gasteiger partial charge >= 0.3 is 0 Å². The lowest BCUT2D eigenvalue weighted by Crippen LogP contribution is -2.40. The maximum absolute atomic E-state index is 13.9. The Morgan fingerprint density at radius 1 is 1.23 bits per heavy atom. The summed E-state index contributed by atoms with van der Waals surface area (Å²) in [5, 5.41) is 12.0. The van der Waals surface area contributed by atoms with Crippen molar-refractivity contribution < 1.29 is 18.0 Å². The van der Waals surface area contributed by atoms with Gasteiger partial charge in [-0.15, -0.1) is 10.2 Å². The average Bonchev–Trinajstić information content (AvgIpc) is 3.33. The van der Waals surface area contributed by atoms with Crippen molar-refractivity contribution in [2.45, 2.75) is 18.8 Å². The van der Waals surface area contributed by atoms with Crippen LogP contribution in [-0.2, 0) is 0 Å². The van der Waals surface area contributed by atoms with Crippen molar-refractivity contribution in [1.82, 2.24) is 15.1 Å². The van der Waals surface area contributed by atoms with E-state index in [1.54, 1.807) is 0 Å². The van der Waals surface area contributed by atoms with Crippen LogP contribution >= 0.6 is 11.3 Å². The number of likely N-dealkylation sites (tertiary alicyclic amines) is 1. The summed E-state index contributed by atoms with van der Waals surface area (Å²) in [7, 11) is 0. The molecule has 0 bridgehead atoms. The van der Waals surface area contributed by atoms with Crippen LogP contribution in [0.1, 0.15) is 35.0 Å². The summed E-state index contributed by atoms with van der Waals surface area (Å²) in [5.41, 5.74) is 0.337. The molecule has 0 spiro atoms. The van der Waals surface area contributed by atoms with Gasteiger partial charge in [-0.2, -0.15) is 11.3 Å². The lowest BCUT2D eigenvalue weighted by Gasteiger charge is -2.31. The molecule has 0 unspecified atom stereocenters. The zero-order valence-corrected chi connectivity index (χ0v) is 14.5. The van der Waals surface area contributed by atoms with E-state index in [2.05, 4.69) is 10.2 Å². The number of piperidine rings is 1. The molecule has 2 aromatic heterocycles. The third kappa shape index (κ3) is 3.12. The molecule has 1 aliphatic rings. The van der Waals surface area contributed by atoms with Crippen LogP contribution in [0.4, 0.5) is 8.78 Å². The van der Waals surface area contributed by atoms with Crippen LogP contribution in [0.25, 0.3) is 11.5 Å². The van der Waals surface area contributed by atoms with Crippen LogP contribution in [0.3, 0.4) is 0 Å². The second kappa shape index (κ2) is 6.95. The lowest BCUT2D eigenvalue weighted by atomic mass is 9.97. The molecule has 3 aromatic rings. The molecule has 134 valence electrons. The molecule has 3 heterocycles. The van der Waals surface area contributed by atoms with Gasteiger partial charge in [-0.3, -0.25) is 4.79 Å². The number of benzene rings is 1. The highest BCUT2D eigenvalue weighted by Gasteiger charge is 2.31. The maximum atomic E-state index is 13.9. The second-order valence-electron chi connectivity index (χ2n) is 6.14. The number of rotatable bonds is 3. The fraction of sp³-hybridized carbons (Fsp3) is 0.278. The van der Waals surface area contributed by atoms with Crippen molar-refractivity contribution in [3.8, 4) is 11.5 Å². The van der Waals surface area contributed by atoms with E-state index in [0.717, 1.165) is 24.1 Å². The Balaban J connectivity index is 1.54. The third-order valence-corrected chi connectivity index (χ3v) is 5.13. The summed E-state index contributed by atoms with van der Waals surface area (Å²) < 4.78 is 33.6. The first-order chi connectivity index (χ1) is 12.6. The fourth-order valence-electron chi connectivity index (χ4n) is 3.13. The minimum atomic E-state index is -0.852. The summed E-state index contributed by atoms with van der Waals surface area (Å²) in [6.45, 7) is 0.729. The van der Waals surface area contributed by atoms with Crippen molar-refractivity contribution in [3.05, 3.63) is 58.1 Å². The smallest absolute Gasteiger partial charge is 0.259 e. The number of amides is 1. The summed E-state index contributed by atoms with van der Waals surface area (Å²) in [5.74, 6) is -1.63. The van der Waals surface area contributed by atoms with Crippen LogP contribution in [0.5, 0.6) is 0 Å². The van der Waals surface area contributed by atoms with Gasteiger partial charge in [0.25, 0.3) is 5.91 Å². The van der Waals surface area contributed by atoms with Gasteiger partial charge in [0, 0.05) is 24.0 Å². The maximum Gasteiger partial charge on any atom is 0.259 e. The number of nitrogens with zero attached hydrogens (tertiary/aromatic N) is 3. The normalized spacial score (nSPS) is 17.5. The fourth-order valence-corrected chi connectivity index (χ4v) is 3.76. The monoisotopic (exact) mass is 375 g/mol. The van der Waals surface area contributed by atoms with Gasteiger partial charge in [0.15, 0.2) is 0 Å². The Morgan fingerprint density at radius 3 is 2.77 bits per heavy atom. The Kier molecular flexibility index (Phi) is 4.50. The van der Waals surface area contributed by atoms with E-state index < -0.39 is 23.1 Å². The molecule has 0 radical (unpaired) electrons. The molecule has 5 nitrogen and oxygen atoms in total. The molecule has 1 atom stereocenters. The summed E-state index contributed by atoms with van der Waals surface area (Å²) in [4.78, 5) is 14.0. The minimum Gasteiger partial charge on any atom is -0.420 e. The molecule has 8 heteroatoms. The molecular formula is C18H15F2N3O2S.